The lowest BCUT2D eigenvalue weighted by Crippen LogP contribution is -2.41. The van der Waals surface area contributed by atoms with Crippen molar-refractivity contribution in [3.63, 3.8) is 0 Å². The van der Waals surface area contributed by atoms with E-state index >= 15 is 0 Å². The number of nitrogens with one attached hydrogen (secondary N) is 2. The van der Waals surface area contributed by atoms with E-state index in [0.717, 1.165) is 62.4 Å². The number of carbonyl (C=O) groups is 1. The first kappa shape index (κ1) is 27.3. The van der Waals surface area contributed by atoms with Gasteiger partial charge in [0, 0.05) is 50.3 Å². The van der Waals surface area contributed by atoms with Crippen molar-refractivity contribution in [2.75, 3.05) is 67.7 Å². The number of morpholine rings is 1. The number of fused-ring (bicyclic) bond motifs is 1. The SMILES string of the molecule is C[C@H]1CN(c2cc(C(=O)Nc3ccc(S(=O)(=O)NCCO)cc3N3CCC4(CC3)CC4)cc3c2OCC3)CCO1. The number of anilines is 3. The first-order valence-corrected chi connectivity index (χ1v) is 15.7. The van der Waals surface area contributed by atoms with Gasteiger partial charge in [-0.3, -0.25) is 4.79 Å². The number of benzene rings is 2. The monoisotopic (exact) mass is 570 g/mol. The number of hydrogen-bond donors (Lipinski definition) is 3. The van der Waals surface area contributed by atoms with Gasteiger partial charge in [0.1, 0.15) is 5.75 Å². The minimum Gasteiger partial charge on any atom is -0.491 e. The summed E-state index contributed by atoms with van der Waals surface area (Å²) in [5.41, 5.74) is 4.20. The molecule has 1 saturated carbocycles. The molecular weight excluding hydrogens is 532 g/mol. The summed E-state index contributed by atoms with van der Waals surface area (Å²) in [6.07, 6.45) is 5.48. The Morgan fingerprint density at radius 3 is 2.58 bits per heavy atom. The fourth-order valence-electron chi connectivity index (χ4n) is 6.09. The average Bonchev–Trinajstić information content (AvgIpc) is 3.53. The van der Waals surface area contributed by atoms with Crippen molar-refractivity contribution in [3.05, 3.63) is 41.5 Å². The topological polar surface area (TPSA) is 120 Å². The Bertz CT molecular complexity index is 1380. The van der Waals surface area contributed by atoms with Gasteiger partial charge in [-0.15, -0.1) is 0 Å². The molecule has 2 aromatic carbocycles. The normalized spacial score (nSPS) is 21.7. The van der Waals surface area contributed by atoms with E-state index in [2.05, 4.69) is 19.8 Å². The number of aliphatic hydroxyl groups excluding tert-OH is 1. The predicted octanol–water partition coefficient (Wildman–Crippen LogP) is 2.75. The van der Waals surface area contributed by atoms with Crippen LogP contribution in [0.25, 0.3) is 0 Å². The maximum Gasteiger partial charge on any atom is 0.255 e. The highest BCUT2D eigenvalue weighted by atomic mass is 32.2. The van der Waals surface area contributed by atoms with E-state index in [1.54, 1.807) is 12.1 Å². The Labute approximate surface area is 235 Å². The fourth-order valence-corrected chi connectivity index (χ4v) is 7.13. The van der Waals surface area contributed by atoms with Crippen LogP contribution in [0.3, 0.4) is 0 Å². The van der Waals surface area contributed by atoms with E-state index in [4.69, 9.17) is 14.6 Å². The molecule has 1 amide bonds. The number of ether oxygens (including phenoxy) is 2. The second kappa shape index (κ2) is 10.8. The van der Waals surface area contributed by atoms with Gasteiger partial charge in [-0.05, 0) is 68.4 Å². The third-order valence-electron chi connectivity index (χ3n) is 8.66. The van der Waals surface area contributed by atoms with Crippen LogP contribution in [0, 0.1) is 5.41 Å². The van der Waals surface area contributed by atoms with Gasteiger partial charge in [0.2, 0.25) is 10.0 Å². The van der Waals surface area contributed by atoms with Crippen molar-refractivity contribution in [1.29, 1.82) is 0 Å². The minimum atomic E-state index is -3.80. The molecule has 0 bridgehead atoms. The smallest absolute Gasteiger partial charge is 0.255 e. The van der Waals surface area contributed by atoms with E-state index in [1.165, 1.54) is 18.9 Å². The molecular formula is C29H38N4O6S. The van der Waals surface area contributed by atoms with Gasteiger partial charge >= 0.3 is 0 Å². The first-order valence-electron chi connectivity index (χ1n) is 14.2. The van der Waals surface area contributed by atoms with Crippen LogP contribution in [0.5, 0.6) is 5.75 Å². The summed E-state index contributed by atoms with van der Waals surface area (Å²) in [4.78, 5) is 18.2. The molecule has 216 valence electrons. The second-order valence-corrected chi connectivity index (χ2v) is 13.2. The number of nitrogens with zero attached hydrogens (tertiary/aromatic N) is 2. The molecule has 0 radical (unpaired) electrons. The van der Waals surface area contributed by atoms with Gasteiger partial charge in [0.25, 0.3) is 5.91 Å². The summed E-state index contributed by atoms with van der Waals surface area (Å²) in [6.45, 7) is 5.98. The molecule has 3 heterocycles. The predicted molar refractivity (Wildman–Crippen MR) is 153 cm³/mol. The zero-order valence-corrected chi connectivity index (χ0v) is 23.8. The van der Waals surface area contributed by atoms with Crippen LogP contribution in [0.15, 0.2) is 35.2 Å². The Morgan fingerprint density at radius 1 is 1.05 bits per heavy atom. The van der Waals surface area contributed by atoms with Crippen molar-refractivity contribution in [1.82, 2.24) is 4.72 Å². The molecule has 0 unspecified atom stereocenters. The summed E-state index contributed by atoms with van der Waals surface area (Å²) in [5.74, 6) is 0.599. The van der Waals surface area contributed by atoms with Crippen LogP contribution < -0.4 is 24.6 Å². The lowest BCUT2D eigenvalue weighted by Gasteiger charge is -2.35. The van der Waals surface area contributed by atoms with Crippen LogP contribution in [0.4, 0.5) is 17.1 Å². The number of hydrogen-bond acceptors (Lipinski definition) is 8. The molecule has 2 saturated heterocycles. The molecule has 3 aliphatic heterocycles. The molecule has 1 spiro atoms. The lowest BCUT2D eigenvalue weighted by atomic mass is 9.93. The quantitative estimate of drug-likeness (QED) is 0.443. The first-order chi connectivity index (χ1) is 19.3. The maximum atomic E-state index is 13.7. The Hall–Kier alpha value is -2.86. The van der Waals surface area contributed by atoms with E-state index in [0.29, 0.717) is 35.6 Å². The van der Waals surface area contributed by atoms with Crippen LogP contribution >= 0.6 is 0 Å². The van der Waals surface area contributed by atoms with E-state index in [9.17, 15) is 13.2 Å². The third kappa shape index (κ3) is 5.52. The van der Waals surface area contributed by atoms with Gasteiger partial charge < -0.3 is 29.7 Å². The van der Waals surface area contributed by atoms with Crippen molar-refractivity contribution in [2.24, 2.45) is 5.41 Å². The van der Waals surface area contributed by atoms with Crippen molar-refractivity contribution >= 4 is 33.0 Å². The van der Waals surface area contributed by atoms with Crippen LogP contribution in [0.2, 0.25) is 0 Å². The molecule has 3 fully saturated rings. The number of sulfonamides is 1. The molecule has 1 aliphatic carbocycles. The summed E-state index contributed by atoms with van der Waals surface area (Å²) >= 11 is 0. The van der Waals surface area contributed by atoms with Gasteiger partial charge in [0.15, 0.2) is 0 Å². The third-order valence-corrected chi connectivity index (χ3v) is 10.1. The maximum absolute atomic E-state index is 13.7. The average molecular weight is 571 g/mol. The standard InChI is InChI=1S/C29H38N4O6S/c1-20-19-33(12-15-38-20)26-17-22(16-21-4-14-39-27(21)26)28(35)31-24-3-2-23(40(36,37)30-9-13-34)18-25(24)32-10-7-29(5-6-29)8-11-32/h2-3,16-18,20,30,34H,4-15,19H2,1H3,(H,31,35)/t20-/m0/s1. The second-order valence-electron chi connectivity index (χ2n) is 11.5. The molecule has 40 heavy (non-hydrogen) atoms. The molecule has 1 atom stereocenters. The van der Waals surface area contributed by atoms with Crippen LogP contribution in [-0.2, 0) is 21.2 Å². The van der Waals surface area contributed by atoms with Crippen molar-refractivity contribution in [2.45, 2.75) is 50.0 Å². The van der Waals surface area contributed by atoms with Gasteiger partial charge in [0.05, 0.1) is 47.9 Å². The van der Waals surface area contributed by atoms with E-state index < -0.39 is 10.0 Å². The number of aliphatic hydroxyl groups is 1. The molecule has 11 heteroatoms. The zero-order valence-electron chi connectivity index (χ0n) is 22.9. The minimum absolute atomic E-state index is 0.0608. The summed E-state index contributed by atoms with van der Waals surface area (Å²) in [5, 5.41) is 12.2. The zero-order chi connectivity index (χ0) is 27.9. The Morgan fingerprint density at radius 2 is 1.85 bits per heavy atom. The highest BCUT2D eigenvalue weighted by Gasteiger charge is 2.44. The molecule has 4 aliphatic rings. The number of amides is 1. The van der Waals surface area contributed by atoms with Crippen molar-refractivity contribution < 1.29 is 27.8 Å². The molecule has 3 N–H and O–H groups in total. The Kier molecular flexibility index (Phi) is 7.41. The number of carbonyl (C=O) groups excluding carboxylic acids is 1. The molecule has 6 rings (SSSR count). The fraction of sp³-hybridized carbons (Fsp3) is 0.552. The Balaban J connectivity index is 1.30. The van der Waals surface area contributed by atoms with Gasteiger partial charge in [-0.25, -0.2) is 13.1 Å². The van der Waals surface area contributed by atoms with Gasteiger partial charge in [-0.2, -0.15) is 0 Å². The van der Waals surface area contributed by atoms with E-state index in [-0.39, 0.29) is 30.1 Å². The summed E-state index contributed by atoms with van der Waals surface area (Å²) < 4.78 is 39.8. The highest BCUT2D eigenvalue weighted by Crippen LogP contribution is 2.54. The molecule has 2 aromatic rings. The summed E-state index contributed by atoms with van der Waals surface area (Å²) in [6, 6.07) is 8.61. The highest BCUT2D eigenvalue weighted by molar-refractivity contribution is 7.89. The van der Waals surface area contributed by atoms with Crippen LogP contribution in [-0.4, -0.2) is 78.1 Å². The molecule has 10 nitrogen and oxygen atoms in total. The van der Waals surface area contributed by atoms with E-state index in [1.807, 2.05) is 19.1 Å². The van der Waals surface area contributed by atoms with Crippen molar-refractivity contribution in [3.8, 4) is 5.75 Å². The molecule has 0 aromatic heterocycles. The van der Waals surface area contributed by atoms with Crippen LogP contribution in [0.1, 0.15) is 48.5 Å². The lowest BCUT2D eigenvalue weighted by molar-refractivity contribution is 0.0530. The number of rotatable bonds is 8. The summed E-state index contributed by atoms with van der Waals surface area (Å²) in [7, 11) is -3.80. The largest absolute Gasteiger partial charge is 0.491 e. The number of piperidine rings is 1. The van der Waals surface area contributed by atoms with Gasteiger partial charge in [-0.1, -0.05) is 0 Å².